The number of alkyl halides is 6. The van der Waals surface area contributed by atoms with Crippen LogP contribution in [0.2, 0.25) is 0 Å². The van der Waals surface area contributed by atoms with Gasteiger partial charge in [-0.1, -0.05) is 7.43 Å². The van der Waals surface area contributed by atoms with Crippen molar-refractivity contribution in [3.63, 3.8) is 0 Å². The fourth-order valence-corrected chi connectivity index (χ4v) is 9.70. The smallest absolute Gasteiger partial charge is 0.335 e. The second kappa shape index (κ2) is 37.8. The molecule has 0 spiro atoms. The van der Waals surface area contributed by atoms with Gasteiger partial charge in [-0.15, -0.1) is 0 Å². The van der Waals surface area contributed by atoms with Crippen molar-refractivity contribution in [2.24, 2.45) is 0 Å². The van der Waals surface area contributed by atoms with E-state index in [0.29, 0.717) is 63.5 Å². The van der Waals surface area contributed by atoms with Gasteiger partial charge in [0.2, 0.25) is 11.8 Å². The Morgan fingerprint density at radius 3 is 1.33 bits per heavy atom. The molecule has 9 aromatic heterocycles. The molecule has 12 rings (SSSR count). The minimum absolute atomic E-state index is 0. The highest BCUT2D eigenvalue weighted by Gasteiger charge is 2.27. The van der Waals surface area contributed by atoms with Crippen molar-refractivity contribution >= 4 is 47.2 Å². The van der Waals surface area contributed by atoms with E-state index in [4.69, 9.17) is 28.6 Å². The molecule has 0 aliphatic heterocycles. The second-order valence-electron chi connectivity index (χ2n) is 22.5. The van der Waals surface area contributed by atoms with E-state index >= 15 is 0 Å². The summed E-state index contributed by atoms with van der Waals surface area (Å²) in [7, 11) is 4.86. The molecule has 554 valence electrons. The SMILES string of the molecule is C.CN(CC=O)C(=O)c1ccc(-n2cc(CC(=O)c3coc(-c4ccncc4)n3)c(C(F)F)n2)cc1.CN(CCO)C(=O)c1ccc(-n2cc(CC(=O)c3coc(-c4ccncc4)n3)c(C(F)F)n2)cc1.CNCCO.O=C(O)c1ccc(-n2cc(NC(=O)c3coc(-c4ccncc4)c3)c(C(F)F)n2)cc1. The van der Waals surface area contributed by atoms with Crippen LogP contribution < -0.4 is 10.6 Å². The highest BCUT2D eigenvalue weighted by molar-refractivity contribution is 6.05. The van der Waals surface area contributed by atoms with Crippen LogP contribution in [0.25, 0.3) is 51.3 Å². The third-order valence-corrected chi connectivity index (χ3v) is 15.2. The minimum atomic E-state index is -2.94. The van der Waals surface area contributed by atoms with Crippen LogP contribution in [0.1, 0.15) is 117 Å². The summed E-state index contributed by atoms with van der Waals surface area (Å²) < 4.78 is 101. The number of Topliss-reactive ketones (excluding diaryl/α,β-unsaturated/α-hetero) is 2. The van der Waals surface area contributed by atoms with E-state index in [1.54, 1.807) is 99.8 Å². The number of rotatable bonds is 26. The average Bonchev–Trinajstić information content (AvgIpc) is 1.68. The fraction of sp³-hybridized carbons (Fsp3) is 0.192. The highest BCUT2D eigenvalue weighted by Crippen LogP contribution is 2.31. The molecule has 0 bridgehead atoms. The van der Waals surface area contributed by atoms with Crippen molar-refractivity contribution < 1.29 is 88.5 Å². The Balaban J connectivity index is 0.000000195. The quantitative estimate of drug-likeness (QED) is 0.0191. The normalized spacial score (nSPS) is 10.8. The summed E-state index contributed by atoms with van der Waals surface area (Å²) in [5.41, 5.74) is 2.35. The number of aldehydes is 1. The lowest BCUT2D eigenvalue weighted by Crippen LogP contribution is -2.29. The van der Waals surface area contributed by atoms with E-state index in [0.717, 1.165) is 4.68 Å². The van der Waals surface area contributed by atoms with Crippen LogP contribution in [0.15, 0.2) is 203 Å². The van der Waals surface area contributed by atoms with Crippen molar-refractivity contribution in [1.82, 2.24) is 69.4 Å². The number of amides is 3. The van der Waals surface area contributed by atoms with E-state index in [-0.39, 0.29) is 109 Å². The van der Waals surface area contributed by atoms with Gasteiger partial charge in [-0.05, 0) is 122 Å². The molecule has 107 heavy (non-hydrogen) atoms. The van der Waals surface area contributed by atoms with Gasteiger partial charge in [0, 0.05) is 129 Å². The van der Waals surface area contributed by atoms with Crippen LogP contribution in [0.3, 0.4) is 0 Å². The number of halogens is 6. The molecule has 0 fully saturated rings. The van der Waals surface area contributed by atoms with Crippen molar-refractivity contribution in [2.75, 3.05) is 59.3 Å². The van der Waals surface area contributed by atoms with Crippen molar-refractivity contribution in [3.8, 4) is 51.3 Å². The third-order valence-electron chi connectivity index (χ3n) is 15.2. The van der Waals surface area contributed by atoms with Crippen LogP contribution in [0, 0.1) is 0 Å². The Kier molecular flexibility index (Phi) is 28.1. The second-order valence-corrected chi connectivity index (χ2v) is 22.5. The first kappa shape index (κ1) is 79.5. The first-order valence-corrected chi connectivity index (χ1v) is 31.6. The number of nitrogens with one attached hydrogen (secondary N) is 2. The summed E-state index contributed by atoms with van der Waals surface area (Å²) >= 11 is 0. The van der Waals surface area contributed by atoms with Gasteiger partial charge in [-0.3, -0.25) is 38.9 Å². The van der Waals surface area contributed by atoms with E-state index in [1.165, 1.54) is 130 Å². The Labute approximate surface area is 604 Å². The molecule has 0 radical (unpaired) electrons. The number of aliphatic hydroxyl groups excluding tert-OH is 2. The molecule has 9 heterocycles. The number of hydrogen-bond donors (Lipinski definition) is 5. The van der Waals surface area contributed by atoms with Gasteiger partial charge in [0.15, 0.2) is 17.3 Å². The standard InChI is InChI=1S/C24H21F2N5O4.C24H19F2N5O4.C21H14F2N4O4.C3H9NO.CH4/c2*1-30(10-11-32)24(34)16-2-4-18(5-3-16)31-13-17(21(29-31)22(25)26)12-20(33)19-14-35-23(28-19)15-6-8-27-9-7-15;22-19(23)18-16(10-27(26-18)15-3-1-13(2-4-15)21(29)30)25-20(28)14-9-17(31-11-14)12-5-7-24-8-6-12;1-4-2-3-5;/h2-9,13-14,22,32H,10-12H2,1H3;2-9,11,13-14,22H,10,12H2,1H3;1-11,19H,(H,25,28)(H,29,30);4-5H,2-3H2,1H3;1H4. The molecule has 34 heteroatoms. The molecule has 0 saturated carbocycles. The molecule has 0 aliphatic rings. The number of aromatic nitrogens is 11. The summed E-state index contributed by atoms with van der Waals surface area (Å²) in [5, 5.41) is 42.9. The maximum absolute atomic E-state index is 13.7. The largest absolute Gasteiger partial charge is 0.478 e. The number of oxazole rings is 2. The number of carbonyl (C=O) groups is 7. The number of anilines is 1. The Morgan fingerprint density at radius 1 is 0.523 bits per heavy atom. The summed E-state index contributed by atoms with van der Waals surface area (Å²) in [6.45, 7) is 0.899. The van der Waals surface area contributed by atoms with Crippen molar-refractivity contribution in [2.45, 2.75) is 39.5 Å². The zero-order chi connectivity index (χ0) is 76.0. The summed E-state index contributed by atoms with van der Waals surface area (Å²) in [4.78, 5) is 107. The van der Waals surface area contributed by atoms with Gasteiger partial charge in [-0.25, -0.2) is 55.2 Å². The summed E-state index contributed by atoms with van der Waals surface area (Å²) in [5.74, 6) is -2.54. The van der Waals surface area contributed by atoms with Crippen molar-refractivity contribution in [1.29, 1.82) is 0 Å². The van der Waals surface area contributed by atoms with E-state index < -0.39 is 59.8 Å². The predicted molar refractivity (Wildman–Crippen MR) is 373 cm³/mol. The van der Waals surface area contributed by atoms with Gasteiger partial charge >= 0.3 is 5.97 Å². The lowest BCUT2D eigenvalue weighted by molar-refractivity contribution is -0.108. The van der Waals surface area contributed by atoms with Crippen molar-refractivity contribution in [3.05, 3.63) is 252 Å². The first-order valence-electron chi connectivity index (χ1n) is 31.6. The minimum Gasteiger partial charge on any atom is -0.478 e. The van der Waals surface area contributed by atoms with Gasteiger partial charge < -0.3 is 53.8 Å². The molecule has 12 aromatic rings. The number of ketones is 2. The summed E-state index contributed by atoms with van der Waals surface area (Å²) in [6, 6.07) is 29.3. The molecule has 28 nitrogen and oxygen atoms in total. The van der Waals surface area contributed by atoms with Crippen LogP contribution in [0.4, 0.5) is 32.0 Å². The number of likely N-dealkylation sites (N-methyl/N-ethyl adjacent to an activating group) is 3. The molecule has 5 N–H and O–H groups in total. The Hall–Kier alpha value is -13.2. The van der Waals surface area contributed by atoms with Gasteiger partial charge in [0.05, 0.1) is 59.8 Å². The van der Waals surface area contributed by atoms with Crippen LogP contribution in [0.5, 0.6) is 0 Å². The Morgan fingerprint density at radius 2 is 0.935 bits per heavy atom. The lowest BCUT2D eigenvalue weighted by Gasteiger charge is -2.15. The van der Waals surface area contributed by atoms with Gasteiger partial charge in [-0.2, -0.15) is 15.3 Å². The number of carboxylic acids is 1. The average molecular weight is 1480 g/mol. The molecular weight excluding hydrogens is 1410 g/mol. The van der Waals surface area contributed by atoms with Crippen LogP contribution >= 0.6 is 0 Å². The summed E-state index contributed by atoms with van der Waals surface area (Å²) in [6.07, 6.45) is 8.09. The number of carboxylic acid groups (broad SMARTS) is 1. The molecule has 3 amide bonds. The van der Waals surface area contributed by atoms with Gasteiger partial charge in [0.1, 0.15) is 53.6 Å². The third kappa shape index (κ3) is 20.8. The molecule has 0 atom stereocenters. The number of hydrogen-bond acceptors (Lipinski definition) is 21. The van der Waals surface area contributed by atoms with E-state index in [2.05, 4.69) is 50.8 Å². The first-order chi connectivity index (χ1) is 51.1. The predicted octanol–water partition coefficient (Wildman–Crippen LogP) is 11.2. The molecule has 0 saturated heterocycles. The van der Waals surface area contributed by atoms with Crippen LogP contribution in [-0.2, 0) is 17.6 Å². The topological polar surface area (TPSA) is 368 Å². The number of carbonyl (C=O) groups excluding carboxylic acids is 6. The number of furan rings is 1. The fourth-order valence-electron chi connectivity index (χ4n) is 9.70. The monoisotopic (exact) mass is 1480 g/mol. The van der Waals surface area contributed by atoms with Crippen LogP contribution in [-0.4, -0.2) is 175 Å². The molecule has 3 aromatic carbocycles. The number of aromatic carboxylic acids is 1. The Bertz CT molecular complexity index is 4940. The lowest BCUT2D eigenvalue weighted by atomic mass is 10.1. The number of pyridine rings is 3. The molecule has 0 aliphatic carbocycles. The zero-order valence-corrected chi connectivity index (χ0v) is 56.2. The number of nitrogens with zero attached hydrogens (tertiary/aromatic N) is 13. The maximum atomic E-state index is 13.7. The van der Waals surface area contributed by atoms with E-state index in [1.807, 2.05) is 0 Å². The number of aliphatic hydroxyl groups is 2. The molecular formula is C73H67F6N15O13. The van der Waals surface area contributed by atoms with E-state index in [9.17, 15) is 59.9 Å². The highest BCUT2D eigenvalue weighted by atomic mass is 19.3. The molecule has 0 unspecified atom stereocenters. The maximum Gasteiger partial charge on any atom is 0.335 e. The van der Waals surface area contributed by atoms with Gasteiger partial charge in [0.25, 0.3) is 37.0 Å². The zero-order valence-electron chi connectivity index (χ0n) is 56.2. The number of benzene rings is 3.